The monoisotopic (exact) mass is 533 g/mol. The molecule has 5 aromatic carbocycles. The smallest absolute Gasteiger partial charge is 0.160 e. The fraction of sp³-hybridized carbons (Fsp3) is 0.0556. The van der Waals surface area contributed by atoms with Gasteiger partial charge in [0.05, 0.1) is 11.2 Å². The number of hydrogen-bond donors (Lipinski definition) is 1. The molecule has 0 amide bonds. The SMILES string of the molecule is CC(c1ccc(-c2nc(-c3ccccc3)nc3ccccc23)cc1)c1c(-c2ccccc2N)sc2ccccc12. The fourth-order valence-corrected chi connectivity index (χ4v) is 6.86. The molecule has 0 radical (unpaired) electrons. The zero-order chi connectivity index (χ0) is 27.1. The van der Waals surface area contributed by atoms with Crippen molar-refractivity contribution in [3.63, 3.8) is 0 Å². The van der Waals surface area contributed by atoms with Crippen LogP contribution in [0.3, 0.4) is 0 Å². The van der Waals surface area contributed by atoms with E-state index in [1.54, 1.807) is 0 Å². The Hall–Kier alpha value is -4.80. The highest BCUT2D eigenvalue weighted by Gasteiger charge is 2.22. The molecule has 0 aliphatic rings. The summed E-state index contributed by atoms with van der Waals surface area (Å²) in [7, 11) is 0. The number of rotatable bonds is 5. The first-order chi connectivity index (χ1) is 19.7. The molecule has 2 aromatic heterocycles. The molecule has 0 spiro atoms. The van der Waals surface area contributed by atoms with Gasteiger partial charge in [-0.05, 0) is 34.7 Å². The highest BCUT2D eigenvalue weighted by molar-refractivity contribution is 7.22. The minimum Gasteiger partial charge on any atom is -0.398 e. The van der Waals surface area contributed by atoms with Crippen molar-refractivity contribution >= 4 is 38.0 Å². The van der Waals surface area contributed by atoms with Crippen molar-refractivity contribution in [2.75, 3.05) is 5.73 Å². The molecule has 0 aliphatic carbocycles. The predicted octanol–water partition coefficient (Wildman–Crippen LogP) is 9.58. The molecule has 0 aliphatic heterocycles. The van der Waals surface area contributed by atoms with Gasteiger partial charge in [-0.25, -0.2) is 9.97 Å². The molecule has 4 heteroatoms. The van der Waals surface area contributed by atoms with Gasteiger partial charge >= 0.3 is 0 Å². The van der Waals surface area contributed by atoms with Gasteiger partial charge in [-0.15, -0.1) is 11.3 Å². The highest BCUT2D eigenvalue weighted by Crippen LogP contribution is 2.46. The van der Waals surface area contributed by atoms with Crippen LogP contribution in [0.5, 0.6) is 0 Å². The van der Waals surface area contributed by atoms with Gasteiger partial charge in [0, 0.05) is 43.3 Å². The Morgan fingerprint density at radius 3 is 2.10 bits per heavy atom. The maximum Gasteiger partial charge on any atom is 0.160 e. The molecular formula is C36H27N3S. The molecule has 7 rings (SSSR count). The molecule has 1 unspecified atom stereocenters. The van der Waals surface area contributed by atoms with Crippen LogP contribution in [0.2, 0.25) is 0 Å². The summed E-state index contributed by atoms with van der Waals surface area (Å²) in [5.74, 6) is 0.920. The second-order valence-corrected chi connectivity index (χ2v) is 11.1. The van der Waals surface area contributed by atoms with Gasteiger partial charge < -0.3 is 5.73 Å². The highest BCUT2D eigenvalue weighted by atomic mass is 32.1. The number of aromatic nitrogens is 2. The van der Waals surface area contributed by atoms with E-state index in [0.29, 0.717) is 0 Å². The minimum absolute atomic E-state index is 0.182. The van der Waals surface area contributed by atoms with Crippen LogP contribution in [0.4, 0.5) is 5.69 Å². The lowest BCUT2D eigenvalue weighted by atomic mass is 9.88. The molecular weight excluding hydrogens is 506 g/mol. The fourth-order valence-electron chi connectivity index (χ4n) is 5.51. The topological polar surface area (TPSA) is 51.8 Å². The Labute approximate surface area is 237 Å². The maximum absolute atomic E-state index is 6.46. The van der Waals surface area contributed by atoms with Gasteiger partial charge in [-0.3, -0.25) is 0 Å². The minimum atomic E-state index is 0.182. The molecule has 2 heterocycles. The van der Waals surface area contributed by atoms with Crippen LogP contribution in [0.15, 0.2) is 127 Å². The molecule has 0 bridgehead atoms. The summed E-state index contributed by atoms with van der Waals surface area (Å²) in [4.78, 5) is 11.2. The van der Waals surface area contributed by atoms with Gasteiger partial charge in [0.2, 0.25) is 0 Å². The van der Waals surface area contributed by atoms with Crippen molar-refractivity contribution in [3.8, 4) is 33.1 Å². The average molecular weight is 534 g/mol. The summed E-state index contributed by atoms with van der Waals surface area (Å²) >= 11 is 1.82. The third kappa shape index (κ3) is 4.23. The zero-order valence-electron chi connectivity index (χ0n) is 22.1. The van der Waals surface area contributed by atoms with Gasteiger partial charge in [0.25, 0.3) is 0 Å². The molecule has 192 valence electrons. The van der Waals surface area contributed by atoms with E-state index in [2.05, 4.69) is 91.9 Å². The van der Waals surface area contributed by atoms with Crippen LogP contribution in [0, 0.1) is 0 Å². The van der Waals surface area contributed by atoms with Crippen molar-refractivity contribution in [3.05, 3.63) is 139 Å². The summed E-state index contributed by atoms with van der Waals surface area (Å²) in [5.41, 5.74) is 14.9. The zero-order valence-corrected chi connectivity index (χ0v) is 22.9. The lowest BCUT2D eigenvalue weighted by molar-refractivity contribution is 0.940. The number of para-hydroxylation sites is 2. The van der Waals surface area contributed by atoms with E-state index in [9.17, 15) is 0 Å². The van der Waals surface area contributed by atoms with Crippen molar-refractivity contribution in [1.29, 1.82) is 0 Å². The van der Waals surface area contributed by atoms with E-state index in [1.807, 2.05) is 53.8 Å². The number of hydrogen-bond acceptors (Lipinski definition) is 4. The predicted molar refractivity (Wildman–Crippen MR) is 170 cm³/mol. The lowest BCUT2D eigenvalue weighted by Crippen LogP contribution is -1.99. The third-order valence-corrected chi connectivity index (χ3v) is 8.81. The molecule has 0 fully saturated rings. The van der Waals surface area contributed by atoms with Crippen LogP contribution < -0.4 is 5.73 Å². The number of thiophene rings is 1. The van der Waals surface area contributed by atoms with Crippen molar-refractivity contribution in [1.82, 2.24) is 9.97 Å². The Kier molecular flexibility index (Phi) is 6.10. The van der Waals surface area contributed by atoms with Gasteiger partial charge in [0.1, 0.15) is 0 Å². The average Bonchev–Trinajstić information content (AvgIpc) is 3.40. The number of anilines is 1. The Bertz CT molecular complexity index is 1970. The van der Waals surface area contributed by atoms with Gasteiger partial charge in [-0.1, -0.05) is 116 Å². The van der Waals surface area contributed by atoms with Gasteiger partial charge in [0.15, 0.2) is 5.82 Å². The molecule has 0 saturated carbocycles. The van der Waals surface area contributed by atoms with E-state index in [-0.39, 0.29) is 5.92 Å². The number of nitrogens with two attached hydrogens (primary N) is 1. The first-order valence-corrected chi connectivity index (χ1v) is 14.3. The van der Waals surface area contributed by atoms with Crippen LogP contribution in [-0.4, -0.2) is 9.97 Å². The molecule has 1 atom stereocenters. The van der Waals surface area contributed by atoms with Gasteiger partial charge in [-0.2, -0.15) is 0 Å². The van der Waals surface area contributed by atoms with Crippen molar-refractivity contribution < 1.29 is 0 Å². The number of fused-ring (bicyclic) bond motifs is 2. The molecule has 7 aromatic rings. The summed E-state index contributed by atoms with van der Waals surface area (Å²) in [6.07, 6.45) is 0. The summed E-state index contributed by atoms with van der Waals surface area (Å²) in [6.45, 7) is 2.29. The van der Waals surface area contributed by atoms with E-state index in [4.69, 9.17) is 15.7 Å². The Morgan fingerprint density at radius 2 is 1.30 bits per heavy atom. The Balaban J connectivity index is 1.33. The molecule has 40 heavy (non-hydrogen) atoms. The third-order valence-electron chi connectivity index (χ3n) is 7.59. The lowest BCUT2D eigenvalue weighted by Gasteiger charge is -2.16. The van der Waals surface area contributed by atoms with E-state index in [0.717, 1.165) is 44.8 Å². The standard InChI is InChI=1S/C36H27N3S/c1-23(33-29-15-7-10-18-32(29)40-35(33)27-13-5-8-16-30(27)37)24-19-21-25(22-20-24)34-28-14-6-9-17-31(28)38-36(39-34)26-11-3-2-4-12-26/h2-23H,37H2,1H3. The van der Waals surface area contributed by atoms with E-state index in [1.165, 1.54) is 26.1 Å². The normalized spacial score (nSPS) is 12.1. The molecule has 0 saturated heterocycles. The Morgan fingerprint density at radius 1 is 0.625 bits per heavy atom. The first-order valence-electron chi connectivity index (χ1n) is 13.5. The molecule has 3 nitrogen and oxygen atoms in total. The summed E-state index contributed by atoms with van der Waals surface area (Å²) in [6, 6.07) is 44.1. The number of benzene rings is 5. The van der Waals surface area contributed by atoms with Crippen LogP contribution >= 0.6 is 11.3 Å². The molecule has 2 N–H and O–H groups in total. The van der Waals surface area contributed by atoms with E-state index >= 15 is 0 Å². The first kappa shape index (κ1) is 24.3. The number of nitrogens with zero attached hydrogens (tertiary/aromatic N) is 2. The number of nitrogen functional groups attached to an aromatic ring is 1. The van der Waals surface area contributed by atoms with Crippen molar-refractivity contribution in [2.45, 2.75) is 12.8 Å². The van der Waals surface area contributed by atoms with Crippen LogP contribution in [-0.2, 0) is 0 Å². The second kappa shape index (κ2) is 10.1. The summed E-state index contributed by atoms with van der Waals surface area (Å²) < 4.78 is 1.28. The maximum atomic E-state index is 6.46. The van der Waals surface area contributed by atoms with Crippen molar-refractivity contribution in [2.24, 2.45) is 0 Å². The summed E-state index contributed by atoms with van der Waals surface area (Å²) in [5, 5.41) is 2.34. The van der Waals surface area contributed by atoms with Crippen LogP contribution in [0.1, 0.15) is 24.0 Å². The van der Waals surface area contributed by atoms with Crippen LogP contribution in [0.25, 0.3) is 54.1 Å². The van der Waals surface area contributed by atoms with E-state index < -0.39 is 0 Å². The largest absolute Gasteiger partial charge is 0.398 e. The quantitative estimate of drug-likeness (QED) is 0.224. The second-order valence-electron chi connectivity index (χ2n) is 10.1.